The van der Waals surface area contributed by atoms with Gasteiger partial charge in [-0.15, -0.1) is 10.2 Å². The SMILES string of the molecule is N#Cc1ccc(Cn2nnc(-c3cn(-c4ccc(Br)cc4)nc3I)n2)cc1. The van der Waals surface area contributed by atoms with Gasteiger partial charge in [0.2, 0.25) is 5.82 Å². The molecule has 9 heteroatoms. The van der Waals surface area contributed by atoms with E-state index in [4.69, 9.17) is 5.26 Å². The number of benzene rings is 2. The lowest BCUT2D eigenvalue weighted by molar-refractivity contribution is 0.573. The predicted octanol–water partition coefficient (Wildman–Crippen LogP) is 3.81. The number of hydrogen-bond donors (Lipinski definition) is 0. The maximum atomic E-state index is 8.87. The Bertz CT molecular complexity index is 1120. The van der Waals surface area contributed by atoms with Crippen LogP contribution in [0.15, 0.2) is 59.2 Å². The number of hydrogen-bond acceptors (Lipinski definition) is 5. The van der Waals surface area contributed by atoms with Gasteiger partial charge in [0.15, 0.2) is 0 Å². The van der Waals surface area contributed by atoms with Crippen LogP contribution in [0.4, 0.5) is 0 Å². The van der Waals surface area contributed by atoms with Gasteiger partial charge < -0.3 is 0 Å². The van der Waals surface area contributed by atoms with Crippen LogP contribution in [-0.4, -0.2) is 30.0 Å². The number of rotatable bonds is 4. The van der Waals surface area contributed by atoms with Crippen molar-refractivity contribution >= 4 is 38.5 Å². The molecule has 2 aromatic heterocycles. The fourth-order valence-electron chi connectivity index (χ4n) is 2.49. The van der Waals surface area contributed by atoms with Gasteiger partial charge in [0.1, 0.15) is 3.70 Å². The second-order valence-electron chi connectivity index (χ2n) is 5.71. The Kier molecular flexibility index (Phi) is 5.00. The highest BCUT2D eigenvalue weighted by Crippen LogP contribution is 2.23. The topological polar surface area (TPSA) is 85.2 Å². The van der Waals surface area contributed by atoms with Crippen LogP contribution in [0.2, 0.25) is 0 Å². The summed E-state index contributed by atoms with van der Waals surface area (Å²) in [5, 5.41) is 26.2. The molecular formula is C18H11BrIN7. The highest BCUT2D eigenvalue weighted by Gasteiger charge is 2.15. The molecule has 132 valence electrons. The molecule has 0 radical (unpaired) electrons. The Morgan fingerprint density at radius 1 is 1.04 bits per heavy atom. The summed E-state index contributed by atoms with van der Waals surface area (Å²) >= 11 is 5.60. The van der Waals surface area contributed by atoms with Crippen molar-refractivity contribution in [3.63, 3.8) is 0 Å². The summed E-state index contributed by atoms with van der Waals surface area (Å²) in [4.78, 5) is 1.53. The summed E-state index contributed by atoms with van der Waals surface area (Å²) in [6.45, 7) is 0.482. The maximum Gasteiger partial charge on any atom is 0.209 e. The fourth-order valence-corrected chi connectivity index (χ4v) is 3.37. The van der Waals surface area contributed by atoms with Crippen molar-refractivity contribution in [2.45, 2.75) is 6.54 Å². The average molecular weight is 532 g/mol. The van der Waals surface area contributed by atoms with E-state index in [0.29, 0.717) is 17.9 Å². The molecule has 0 saturated carbocycles. The van der Waals surface area contributed by atoms with Crippen LogP contribution in [0.25, 0.3) is 17.1 Å². The Morgan fingerprint density at radius 3 is 2.48 bits per heavy atom. The number of nitrogens with zero attached hydrogens (tertiary/aromatic N) is 7. The third kappa shape index (κ3) is 3.91. The van der Waals surface area contributed by atoms with E-state index in [0.717, 1.165) is 25.0 Å². The van der Waals surface area contributed by atoms with E-state index in [1.807, 2.05) is 42.6 Å². The monoisotopic (exact) mass is 531 g/mol. The van der Waals surface area contributed by atoms with Gasteiger partial charge >= 0.3 is 0 Å². The van der Waals surface area contributed by atoms with Crippen LogP contribution in [0, 0.1) is 15.0 Å². The van der Waals surface area contributed by atoms with Gasteiger partial charge in [-0.3, -0.25) is 0 Å². The molecule has 0 aliphatic heterocycles. The first-order valence-corrected chi connectivity index (χ1v) is 9.78. The zero-order valence-corrected chi connectivity index (χ0v) is 17.5. The van der Waals surface area contributed by atoms with E-state index in [2.05, 4.69) is 65.1 Å². The van der Waals surface area contributed by atoms with Crippen LogP contribution in [0.5, 0.6) is 0 Å². The first kappa shape index (κ1) is 17.8. The van der Waals surface area contributed by atoms with Crippen LogP contribution in [0.3, 0.4) is 0 Å². The van der Waals surface area contributed by atoms with E-state index >= 15 is 0 Å². The summed E-state index contributed by atoms with van der Waals surface area (Å²) in [6, 6.07) is 17.3. The van der Waals surface area contributed by atoms with Crippen molar-refractivity contribution in [3.8, 4) is 23.1 Å². The first-order chi connectivity index (χ1) is 13.1. The number of tetrazole rings is 1. The molecule has 2 aromatic carbocycles. The molecule has 4 rings (SSSR count). The van der Waals surface area contributed by atoms with Crippen molar-refractivity contribution in [1.82, 2.24) is 30.0 Å². The van der Waals surface area contributed by atoms with Crippen LogP contribution < -0.4 is 0 Å². The third-order valence-corrected chi connectivity index (χ3v) is 5.19. The molecular weight excluding hydrogens is 521 g/mol. The fraction of sp³-hybridized carbons (Fsp3) is 0.0556. The molecule has 0 aliphatic rings. The van der Waals surface area contributed by atoms with Gasteiger partial charge in [-0.05, 0) is 69.8 Å². The van der Waals surface area contributed by atoms with Crippen LogP contribution in [0.1, 0.15) is 11.1 Å². The highest BCUT2D eigenvalue weighted by molar-refractivity contribution is 14.1. The molecule has 7 nitrogen and oxygen atoms in total. The van der Waals surface area contributed by atoms with Gasteiger partial charge in [0.25, 0.3) is 0 Å². The van der Waals surface area contributed by atoms with Crippen molar-refractivity contribution in [1.29, 1.82) is 5.26 Å². The molecule has 0 N–H and O–H groups in total. The Labute approximate surface area is 176 Å². The molecule has 0 fully saturated rings. The van der Waals surface area contributed by atoms with Gasteiger partial charge in [0.05, 0.1) is 29.4 Å². The third-order valence-electron chi connectivity index (χ3n) is 3.86. The molecule has 0 amide bonds. The van der Waals surface area contributed by atoms with E-state index in [1.54, 1.807) is 16.8 Å². The van der Waals surface area contributed by atoms with E-state index < -0.39 is 0 Å². The lowest BCUT2D eigenvalue weighted by atomic mass is 10.1. The smallest absolute Gasteiger partial charge is 0.209 e. The van der Waals surface area contributed by atoms with Crippen molar-refractivity contribution in [3.05, 3.63) is 74.0 Å². The Hall–Kier alpha value is -2.58. The summed E-state index contributed by atoms with van der Waals surface area (Å²) in [7, 11) is 0. The predicted molar refractivity (Wildman–Crippen MR) is 111 cm³/mol. The Balaban J connectivity index is 1.57. The summed E-state index contributed by atoms with van der Waals surface area (Å²) in [5.74, 6) is 0.524. The minimum Gasteiger partial charge on any atom is -0.239 e. The maximum absolute atomic E-state index is 8.87. The van der Waals surface area contributed by atoms with Crippen LogP contribution >= 0.6 is 38.5 Å². The van der Waals surface area contributed by atoms with E-state index in [1.165, 1.54) is 4.80 Å². The van der Waals surface area contributed by atoms with Gasteiger partial charge in [0, 0.05) is 10.7 Å². The molecule has 2 heterocycles. The lowest BCUT2D eigenvalue weighted by Gasteiger charge is -2.00. The second kappa shape index (κ2) is 7.58. The molecule has 27 heavy (non-hydrogen) atoms. The highest BCUT2D eigenvalue weighted by atomic mass is 127. The summed E-state index contributed by atoms with van der Waals surface area (Å²) in [5.41, 5.74) is 3.40. The molecule has 0 saturated heterocycles. The molecule has 0 atom stereocenters. The summed E-state index contributed by atoms with van der Waals surface area (Å²) < 4.78 is 3.61. The van der Waals surface area contributed by atoms with Crippen molar-refractivity contribution in [2.75, 3.05) is 0 Å². The molecule has 0 unspecified atom stereocenters. The van der Waals surface area contributed by atoms with E-state index in [9.17, 15) is 0 Å². The zero-order chi connectivity index (χ0) is 18.8. The molecule has 4 aromatic rings. The minimum absolute atomic E-state index is 0.482. The standard InChI is InChI=1S/C18H11BrIN7/c19-14-5-7-15(8-6-14)26-11-16(17(20)23-26)18-22-25-27(24-18)10-13-3-1-12(9-21)2-4-13/h1-8,11H,10H2. The lowest BCUT2D eigenvalue weighted by Crippen LogP contribution is -2.04. The van der Waals surface area contributed by atoms with Gasteiger partial charge in [-0.25, -0.2) is 4.68 Å². The minimum atomic E-state index is 0.482. The normalized spacial score (nSPS) is 10.7. The number of nitriles is 1. The number of halogens is 2. The first-order valence-electron chi connectivity index (χ1n) is 7.91. The molecule has 0 aliphatic carbocycles. The number of aromatic nitrogens is 6. The molecule has 0 spiro atoms. The van der Waals surface area contributed by atoms with Crippen LogP contribution in [-0.2, 0) is 6.54 Å². The van der Waals surface area contributed by atoms with E-state index in [-0.39, 0.29) is 0 Å². The quantitative estimate of drug-likeness (QED) is 0.374. The summed E-state index contributed by atoms with van der Waals surface area (Å²) in [6.07, 6.45) is 1.90. The average Bonchev–Trinajstić information content (AvgIpc) is 3.29. The Morgan fingerprint density at radius 2 is 1.78 bits per heavy atom. The van der Waals surface area contributed by atoms with Crippen molar-refractivity contribution in [2.24, 2.45) is 0 Å². The van der Waals surface area contributed by atoms with Gasteiger partial charge in [-0.2, -0.15) is 15.2 Å². The zero-order valence-electron chi connectivity index (χ0n) is 13.8. The largest absolute Gasteiger partial charge is 0.239 e. The van der Waals surface area contributed by atoms with Crippen molar-refractivity contribution < 1.29 is 0 Å². The van der Waals surface area contributed by atoms with Gasteiger partial charge in [-0.1, -0.05) is 28.1 Å². The second-order valence-corrected chi connectivity index (χ2v) is 7.64. The molecule has 0 bridgehead atoms.